The molecule has 0 aliphatic carbocycles. The highest BCUT2D eigenvalue weighted by Crippen LogP contribution is 2.42. The first-order valence-electron chi connectivity index (χ1n) is 13.7. The average molecular weight is 546 g/mol. The van der Waals surface area contributed by atoms with Crippen molar-refractivity contribution in [1.29, 1.82) is 0 Å². The van der Waals surface area contributed by atoms with Gasteiger partial charge in [-0.05, 0) is 74.2 Å². The first kappa shape index (κ1) is 27.2. The molecule has 6 nitrogen and oxygen atoms in total. The monoisotopic (exact) mass is 545 g/mol. The third-order valence-corrected chi connectivity index (χ3v) is 8.64. The summed E-state index contributed by atoms with van der Waals surface area (Å²) in [4.78, 5) is 31.0. The largest absolute Gasteiger partial charge is 0.497 e. The Morgan fingerprint density at radius 2 is 1.62 bits per heavy atom. The summed E-state index contributed by atoms with van der Waals surface area (Å²) in [5.74, 6) is 0.959. The molecule has 0 radical (unpaired) electrons. The van der Waals surface area contributed by atoms with Gasteiger partial charge in [0.25, 0.3) is 5.91 Å². The van der Waals surface area contributed by atoms with Crippen molar-refractivity contribution >= 4 is 23.4 Å². The molecule has 1 unspecified atom stereocenters. The predicted molar refractivity (Wildman–Crippen MR) is 154 cm³/mol. The standard InChI is InChI=1S/C32H36ClN3O3/c1-39-26-13-11-24(12-14-26)23-36-22-18-32(31(36)38)16-20-35(21-17-32)19-15-29(25-7-3-2-4-8-25)34-30(37)27-9-5-6-10-28(27)33/h2-14,29H,15-23H2,1H3,(H,34,37). The summed E-state index contributed by atoms with van der Waals surface area (Å²) in [5.41, 5.74) is 2.45. The van der Waals surface area contributed by atoms with Crippen molar-refractivity contribution in [1.82, 2.24) is 15.1 Å². The van der Waals surface area contributed by atoms with E-state index in [1.165, 1.54) is 0 Å². The van der Waals surface area contributed by atoms with Crippen molar-refractivity contribution in [3.05, 3.63) is 101 Å². The lowest BCUT2D eigenvalue weighted by Crippen LogP contribution is -2.45. The molecule has 7 heteroatoms. The number of likely N-dealkylation sites (tertiary alicyclic amines) is 2. The van der Waals surface area contributed by atoms with Crippen molar-refractivity contribution in [2.24, 2.45) is 5.41 Å². The van der Waals surface area contributed by atoms with Gasteiger partial charge in [0.05, 0.1) is 29.2 Å². The third-order valence-electron chi connectivity index (χ3n) is 8.31. The quantitative estimate of drug-likeness (QED) is 0.373. The number of rotatable bonds is 9. The zero-order valence-corrected chi connectivity index (χ0v) is 23.2. The molecule has 2 heterocycles. The van der Waals surface area contributed by atoms with Gasteiger partial charge in [0, 0.05) is 19.6 Å². The Morgan fingerprint density at radius 1 is 0.949 bits per heavy atom. The second-order valence-electron chi connectivity index (χ2n) is 10.7. The molecule has 39 heavy (non-hydrogen) atoms. The lowest BCUT2D eigenvalue weighted by molar-refractivity contribution is -0.138. The van der Waals surface area contributed by atoms with Crippen LogP contribution >= 0.6 is 11.6 Å². The molecule has 3 aromatic rings. The van der Waals surface area contributed by atoms with E-state index in [1.807, 2.05) is 59.5 Å². The normalized spacial score (nSPS) is 17.8. The number of hydrogen-bond acceptors (Lipinski definition) is 4. The van der Waals surface area contributed by atoms with Gasteiger partial charge in [0.1, 0.15) is 5.75 Å². The van der Waals surface area contributed by atoms with E-state index >= 15 is 0 Å². The summed E-state index contributed by atoms with van der Waals surface area (Å²) in [6, 6.07) is 25.1. The Kier molecular flexibility index (Phi) is 8.53. The maximum absolute atomic E-state index is 13.5. The molecule has 2 aliphatic rings. The number of methoxy groups -OCH3 is 1. The molecule has 1 spiro atoms. The second-order valence-corrected chi connectivity index (χ2v) is 11.1. The Hall–Kier alpha value is -3.35. The number of hydrogen-bond donors (Lipinski definition) is 1. The van der Waals surface area contributed by atoms with E-state index < -0.39 is 0 Å². The van der Waals surface area contributed by atoms with Crippen LogP contribution in [0.5, 0.6) is 5.75 Å². The Bertz CT molecular complexity index is 1270. The van der Waals surface area contributed by atoms with Gasteiger partial charge in [0.15, 0.2) is 0 Å². The molecule has 2 aliphatic heterocycles. The highest BCUT2D eigenvalue weighted by atomic mass is 35.5. The molecule has 0 saturated carbocycles. The number of nitrogens with zero attached hydrogens (tertiary/aromatic N) is 2. The minimum Gasteiger partial charge on any atom is -0.497 e. The molecule has 3 aromatic carbocycles. The summed E-state index contributed by atoms with van der Waals surface area (Å²) >= 11 is 6.28. The van der Waals surface area contributed by atoms with Crippen molar-refractivity contribution in [3.63, 3.8) is 0 Å². The Balaban J connectivity index is 1.17. The number of amides is 2. The van der Waals surface area contributed by atoms with Crippen molar-refractivity contribution in [2.75, 3.05) is 33.3 Å². The van der Waals surface area contributed by atoms with E-state index in [4.69, 9.17) is 16.3 Å². The summed E-state index contributed by atoms with van der Waals surface area (Å²) in [7, 11) is 1.66. The Labute approximate surface area is 235 Å². The molecule has 204 valence electrons. The van der Waals surface area contributed by atoms with Crippen LogP contribution in [0.1, 0.15) is 53.2 Å². The number of halogens is 1. The van der Waals surface area contributed by atoms with Crippen LogP contribution in [0.3, 0.4) is 0 Å². The molecule has 5 rings (SSSR count). The third kappa shape index (κ3) is 6.29. The zero-order valence-electron chi connectivity index (χ0n) is 22.4. The maximum Gasteiger partial charge on any atom is 0.253 e. The molecule has 0 aromatic heterocycles. The van der Waals surface area contributed by atoms with Crippen LogP contribution in [0.25, 0.3) is 0 Å². The van der Waals surface area contributed by atoms with Gasteiger partial charge in [0.2, 0.25) is 5.91 Å². The molecular weight excluding hydrogens is 510 g/mol. The first-order chi connectivity index (χ1) is 19.0. The highest BCUT2D eigenvalue weighted by Gasteiger charge is 2.47. The van der Waals surface area contributed by atoms with E-state index in [9.17, 15) is 9.59 Å². The van der Waals surface area contributed by atoms with E-state index in [0.717, 1.165) is 68.7 Å². The lowest BCUT2D eigenvalue weighted by atomic mass is 9.77. The van der Waals surface area contributed by atoms with E-state index in [1.54, 1.807) is 19.2 Å². The lowest BCUT2D eigenvalue weighted by Gasteiger charge is -2.38. The second kappa shape index (κ2) is 12.2. The fourth-order valence-corrected chi connectivity index (χ4v) is 6.09. The van der Waals surface area contributed by atoms with Crippen LogP contribution < -0.4 is 10.1 Å². The van der Waals surface area contributed by atoms with Crippen molar-refractivity contribution < 1.29 is 14.3 Å². The predicted octanol–water partition coefficient (Wildman–Crippen LogP) is 5.72. The highest BCUT2D eigenvalue weighted by molar-refractivity contribution is 6.33. The fraction of sp³-hybridized carbons (Fsp3) is 0.375. The van der Waals surface area contributed by atoms with Crippen molar-refractivity contribution in [2.45, 2.75) is 38.3 Å². The number of ether oxygens (including phenoxy) is 1. The number of carbonyl (C=O) groups excluding carboxylic acids is 2. The summed E-state index contributed by atoms with van der Waals surface area (Å²) < 4.78 is 5.25. The summed E-state index contributed by atoms with van der Waals surface area (Å²) in [6.07, 6.45) is 3.47. The number of carbonyl (C=O) groups is 2. The van der Waals surface area contributed by atoms with Crippen LogP contribution in [0.4, 0.5) is 0 Å². The molecule has 1 N–H and O–H groups in total. The number of benzene rings is 3. The van der Waals surface area contributed by atoms with E-state index in [2.05, 4.69) is 22.3 Å². The Morgan fingerprint density at radius 3 is 2.31 bits per heavy atom. The van der Waals surface area contributed by atoms with Gasteiger partial charge in [-0.1, -0.05) is 66.2 Å². The molecule has 0 bridgehead atoms. The van der Waals surface area contributed by atoms with Crippen LogP contribution in [0, 0.1) is 5.41 Å². The van der Waals surface area contributed by atoms with Gasteiger partial charge in [-0.15, -0.1) is 0 Å². The number of piperidine rings is 1. The van der Waals surface area contributed by atoms with Gasteiger partial charge in [-0.3, -0.25) is 9.59 Å². The summed E-state index contributed by atoms with van der Waals surface area (Å²) in [6.45, 7) is 4.10. The van der Waals surface area contributed by atoms with Crippen molar-refractivity contribution in [3.8, 4) is 5.75 Å². The first-order valence-corrected chi connectivity index (χ1v) is 14.1. The van der Waals surface area contributed by atoms with Gasteiger partial charge < -0.3 is 19.9 Å². The molecule has 2 saturated heterocycles. The summed E-state index contributed by atoms with van der Waals surface area (Å²) in [5, 5.41) is 3.65. The minimum atomic E-state index is -0.236. The van der Waals surface area contributed by atoms with Crippen LogP contribution in [-0.2, 0) is 11.3 Å². The smallest absolute Gasteiger partial charge is 0.253 e. The number of nitrogens with one attached hydrogen (secondary N) is 1. The van der Waals surface area contributed by atoms with Gasteiger partial charge in [-0.25, -0.2) is 0 Å². The van der Waals surface area contributed by atoms with Gasteiger partial charge in [-0.2, -0.15) is 0 Å². The molecule has 2 fully saturated rings. The fourth-order valence-electron chi connectivity index (χ4n) is 5.86. The maximum atomic E-state index is 13.5. The van der Waals surface area contributed by atoms with E-state index in [0.29, 0.717) is 23.0 Å². The molecule has 1 atom stereocenters. The van der Waals surface area contributed by atoms with Gasteiger partial charge >= 0.3 is 0 Å². The van der Waals surface area contributed by atoms with Crippen LogP contribution in [-0.4, -0.2) is 54.9 Å². The topological polar surface area (TPSA) is 61.9 Å². The average Bonchev–Trinajstić information content (AvgIpc) is 3.27. The van der Waals surface area contributed by atoms with Crippen LogP contribution in [0.2, 0.25) is 5.02 Å². The minimum absolute atomic E-state index is 0.126. The molecular formula is C32H36ClN3O3. The van der Waals surface area contributed by atoms with Crippen LogP contribution in [0.15, 0.2) is 78.9 Å². The van der Waals surface area contributed by atoms with E-state index in [-0.39, 0.29) is 17.4 Å². The zero-order chi connectivity index (χ0) is 27.2. The molecule has 2 amide bonds. The SMILES string of the molecule is COc1ccc(CN2CCC3(CCN(CCC(NC(=O)c4ccccc4Cl)c4ccccc4)CC3)C2=O)cc1.